The first-order chi connectivity index (χ1) is 9.45. The molecule has 6 nitrogen and oxygen atoms in total. The molecule has 1 unspecified atom stereocenters. The van der Waals surface area contributed by atoms with Gasteiger partial charge >= 0.3 is 0 Å². The minimum atomic E-state index is -3.58. The van der Waals surface area contributed by atoms with E-state index in [0.717, 1.165) is 6.42 Å². The number of hydrogen-bond acceptors (Lipinski definition) is 4. The van der Waals surface area contributed by atoms with Crippen molar-refractivity contribution in [1.29, 1.82) is 0 Å². The van der Waals surface area contributed by atoms with Gasteiger partial charge in [0, 0.05) is 25.2 Å². The Kier molecular flexibility index (Phi) is 4.42. The molecule has 0 aromatic heterocycles. The summed E-state index contributed by atoms with van der Waals surface area (Å²) in [4.78, 5) is 11.1. The maximum Gasteiger partial charge on any atom is 0.243 e. The van der Waals surface area contributed by atoms with Crippen LogP contribution < -0.4 is 5.32 Å². The minimum absolute atomic E-state index is 0.163. The van der Waals surface area contributed by atoms with Crippen LogP contribution in [0.2, 0.25) is 0 Å². The van der Waals surface area contributed by atoms with Gasteiger partial charge in [-0.25, -0.2) is 8.42 Å². The van der Waals surface area contributed by atoms with Gasteiger partial charge in [-0.3, -0.25) is 4.79 Å². The monoisotopic (exact) mass is 298 g/mol. The highest BCUT2D eigenvalue weighted by molar-refractivity contribution is 7.89. The van der Waals surface area contributed by atoms with Crippen molar-refractivity contribution < 1.29 is 18.3 Å². The summed E-state index contributed by atoms with van der Waals surface area (Å²) < 4.78 is 26.3. The van der Waals surface area contributed by atoms with Crippen molar-refractivity contribution in [2.24, 2.45) is 0 Å². The number of nitrogens with zero attached hydrogens (tertiary/aromatic N) is 1. The number of carbonyl (C=O) groups is 1. The van der Waals surface area contributed by atoms with Crippen molar-refractivity contribution in [3.05, 3.63) is 24.3 Å². The van der Waals surface area contributed by atoms with E-state index in [9.17, 15) is 18.3 Å². The van der Waals surface area contributed by atoms with Crippen LogP contribution in [0, 0.1) is 0 Å². The molecule has 0 radical (unpaired) electrons. The number of aliphatic hydroxyl groups is 1. The van der Waals surface area contributed by atoms with Crippen molar-refractivity contribution >= 4 is 21.6 Å². The molecule has 0 aliphatic carbocycles. The second-order valence-corrected chi connectivity index (χ2v) is 6.69. The summed E-state index contributed by atoms with van der Waals surface area (Å²) in [6.07, 6.45) is 1.44. The normalized spacial score (nSPS) is 20.0. The molecule has 1 heterocycles. The number of aliphatic hydroxyl groups excluding tert-OH is 1. The van der Waals surface area contributed by atoms with E-state index in [-0.39, 0.29) is 23.5 Å². The molecule has 0 saturated carbocycles. The lowest BCUT2D eigenvalue weighted by atomic mass is 10.2. The van der Waals surface area contributed by atoms with E-state index in [1.165, 1.54) is 23.4 Å². The highest BCUT2D eigenvalue weighted by Crippen LogP contribution is 2.26. The fraction of sp³-hybridized carbons (Fsp3) is 0.462. The van der Waals surface area contributed by atoms with Gasteiger partial charge in [0.25, 0.3) is 0 Å². The number of sulfonamides is 1. The van der Waals surface area contributed by atoms with Crippen LogP contribution in [0.1, 0.15) is 19.8 Å². The van der Waals surface area contributed by atoms with E-state index in [2.05, 4.69) is 5.32 Å². The quantitative estimate of drug-likeness (QED) is 0.860. The van der Waals surface area contributed by atoms with Gasteiger partial charge in [0.1, 0.15) is 0 Å². The predicted octanol–water partition coefficient (Wildman–Crippen LogP) is 0.790. The van der Waals surface area contributed by atoms with E-state index < -0.39 is 10.0 Å². The number of anilines is 1. The number of rotatable bonds is 4. The highest BCUT2D eigenvalue weighted by atomic mass is 32.2. The number of benzene rings is 1. The van der Waals surface area contributed by atoms with Gasteiger partial charge in [0.2, 0.25) is 15.9 Å². The highest BCUT2D eigenvalue weighted by Gasteiger charge is 2.34. The SMILES string of the molecule is CC(=O)Nc1ccc(S(=O)(=O)N2CCCC2CO)cc1. The molecular weight excluding hydrogens is 280 g/mol. The van der Waals surface area contributed by atoms with Crippen molar-refractivity contribution in [1.82, 2.24) is 4.31 Å². The molecule has 2 rings (SSSR count). The second kappa shape index (κ2) is 5.90. The Hall–Kier alpha value is -1.44. The molecule has 1 aromatic carbocycles. The van der Waals surface area contributed by atoms with Crippen LogP contribution in [0.4, 0.5) is 5.69 Å². The second-order valence-electron chi connectivity index (χ2n) is 4.80. The van der Waals surface area contributed by atoms with Crippen LogP contribution in [0.3, 0.4) is 0 Å². The summed E-state index contributed by atoms with van der Waals surface area (Å²) in [6.45, 7) is 1.66. The summed E-state index contributed by atoms with van der Waals surface area (Å²) in [6, 6.07) is 5.70. The number of amides is 1. The Labute approximate surface area is 118 Å². The third kappa shape index (κ3) is 3.00. The van der Waals surface area contributed by atoms with Crippen molar-refractivity contribution in [3.8, 4) is 0 Å². The topological polar surface area (TPSA) is 86.7 Å². The zero-order valence-corrected chi connectivity index (χ0v) is 12.1. The summed E-state index contributed by atoms with van der Waals surface area (Å²) in [7, 11) is -3.58. The van der Waals surface area contributed by atoms with E-state index in [4.69, 9.17) is 0 Å². The Morgan fingerprint density at radius 2 is 2.05 bits per heavy atom. The van der Waals surface area contributed by atoms with Crippen LogP contribution in [-0.4, -0.2) is 42.9 Å². The van der Waals surface area contributed by atoms with E-state index in [1.807, 2.05) is 0 Å². The first-order valence-corrected chi connectivity index (χ1v) is 7.89. The molecule has 1 fully saturated rings. The summed E-state index contributed by atoms with van der Waals surface area (Å²) in [5.41, 5.74) is 0.552. The van der Waals surface area contributed by atoms with Gasteiger partial charge in [-0.1, -0.05) is 0 Å². The summed E-state index contributed by atoms with van der Waals surface area (Å²) >= 11 is 0. The molecule has 7 heteroatoms. The molecule has 0 bridgehead atoms. The smallest absolute Gasteiger partial charge is 0.243 e. The van der Waals surface area contributed by atoms with E-state index in [0.29, 0.717) is 18.7 Å². The van der Waals surface area contributed by atoms with Gasteiger partial charge in [0.15, 0.2) is 0 Å². The molecule has 1 amide bonds. The van der Waals surface area contributed by atoms with Crippen molar-refractivity contribution in [2.75, 3.05) is 18.5 Å². The van der Waals surface area contributed by atoms with Gasteiger partial charge in [-0.2, -0.15) is 4.31 Å². The lowest BCUT2D eigenvalue weighted by Crippen LogP contribution is -2.37. The largest absolute Gasteiger partial charge is 0.395 e. The first kappa shape index (κ1) is 15.0. The van der Waals surface area contributed by atoms with Gasteiger partial charge in [-0.15, -0.1) is 0 Å². The molecule has 1 saturated heterocycles. The van der Waals surface area contributed by atoms with Gasteiger partial charge in [0.05, 0.1) is 11.5 Å². The molecule has 2 N–H and O–H groups in total. The first-order valence-electron chi connectivity index (χ1n) is 6.45. The number of hydrogen-bond donors (Lipinski definition) is 2. The van der Waals surface area contributed by atoms with Gasteiger partial charge in [-0.05, 0) is 37.1 Å². The van der Waals surface area contributed by atoms with Crippen LogP contribution in [0.15, 0.2) is 29.2 Å². The molecule has 1 aliphatic rings. The molecule has 1 atom stereocenters. The fourth-order valence-electron chi connectivity index (χ4n) is 2.36. The average Bonchev–Trinajstić information content (AvgIpc) is 2.87. The zero-order valence-electron chi connectivity index (χ0n) is 11.2. The fourth-order valence-corrected chi connectivity index (χ4v) is 4.04. The molecule has 20 heavy (non-hydrogen) atoms. The van der Waals surface area contributed by atoms with Crippen LogP contribution in [0.5, 0.6) is 0 Å². The predicted molar refractivity (Wildman–Crippen MR) is 74.7 cm³/mol. The maximum atomic E-state index is 12.5. The van der Waals surface area contributed by atoms with Crippen LogP contribution >= 0.6 is 0 Å². The molecule has 0 spiro atoms. The van der Waals surface area contributed by atoms with Gasteiger partial charge < -0.3 is 10.4 Å². The van der Waals surface area contributed by atoms with E-state index in [1.54, 1.807) is 12.1 Å². The zero-order chi connectivity index (χ0) is 14.8. The lowest BCUT2D eigenvalue weighted by Gasteiger charge is -2.22. The van der Waals surface area contributed by atoms with Crippen molar-refractivity contribution in [2.45, 2.75) is 30.7 Å². The third-order valence-electron chi connectivity index (χ3n) is 3.32. The summed E-state index contributed by atoms with van der Waals surface area (Å²) in [5, 5.41) is 11.8. The molecular formula is C13H18N2O4S. The standard InChI is InChI=1S/C13H18N2O4S/c1-10(17)14-11-4-6-13(7-5-11)20(18,19)15-8-2-3-12(15)9-16/h4-7,12,16H,2-3,8-9H2,1H3,(H,14,17). The third-order valence-corrected chi connectivity index (χ3v) is 5.28. The Morgan fingerprint density at radius 1 is 1.40 bits per heavy atom. The number of carbonyl (C=O) groups excluding carboxylic acids is 1. The Bertz CT molecular complexity index is 583. The average molecular weight is 298 g/mol. The van der Waals surface area contributed by atoms with E-state index >= 15 is 0 Å². The Morgan fingerprint density at radius 3 is 2.60 bits per heavy atom. The van der Waals surface area contributed by atoms with Crippen LogP contribution in [-0.2, 0) is 14.8 Å². The Balaban J connectivity index is 2.23. The maximum absolute atomic E-state index is 12.5. The minimum Gasteiger partial charge on any atom is -0.395 e. The summed E-state index contributed by atoms with van der Waals surface area (Å²) in [5.74, 6) is -0.208. The molecule has 1 aliphatic heterocycles. The number of nitrogens with one attached hydrogen (secondary N) is 1. The van der Waals surface area contributed by atoms with Crippen molar-refractivity contribution in [3.63, 3.8) is 0 Å². The van der Waals surface area contributed by atoms with Crippen LogP contribution in [0.25, 0.3) is 0 Å². The lowest BCUT2D eigenvalue weighted by molar-refractivity contribution is -0.114. The molecule has 110 valence electrons. The molecule has 1 aromatic rings.